The molecule has 4 nitrogen and oxygen atoms in total. The van der Waals surface area contributed by atoms with Crippen molar-refractivity contribution in [2.75, 3.05) is 6.61 Å². The lowest BCUT2D eigenvalue weighted by molar-refractivity contribution is 0.0833. The number of ether oxygens (including phenoxy) is 1. The smallest absolute Gasteiger partial charge is 0.0960 e. The van der Waals surface area contributed by atoms with Crippen LogP contribution in [-0.2, 0) is 17.9 Å². The van der Waals surface area contributed by atoms with E-state index in [4.69, 9.17) is 10.5 Å². The van der Waals surface area contributed by atoms with E-state index in [2.05, 4.69) is 24.2 Å². The zero-order valence-corrected chi connectivity index (χ0v) is 11.3. The first-order valence-electron chi connectivity index (χ1n) is 6.32. The van der Waals surface area contributed by atoms with Crippen molar-refractivity contribution in [3.8, 4) is 0 Å². The van der Waals surface area contributed by atoms with E-state index in [1.165, 1.54) is 0 Å². The van der Waals surface area contributed by atoms with E-state index in [-0.39, 0.29) is 5.54 Å². The highest BCUT2D eigenvalue weighted by molar-refractivity contribution is 5.81. The molecule has 0 saturated carbocycles. The summed E-state index contributed by atoms with van der Waals surface area (Å²) in [5.74, 6) is 0. The summed E-state index contributed by atoms with van der Waals surface area (Å²) >= 11 is 0. The number of hydrogen-bond donors (Lipinski definition) is 1. The first-order valence-corrected chi connectivity index (χ1v) is 6.32. The highest BCUT2D eigenvalue weighted by Crippen LogP contribution is 2.19. The fourth-order valence-corrected chi connectivity index (χ4v) is 1.95. The van der Waals surface area contributed by atoms with E-state index < -0.39 is 0 Å². The van der Waals surface area contributed by atoms with Crippen LogP contribution in [0.1, 0.15) is 26.5 Å². The average Bonchev–Trinajstić information content (AvgIpc) is 2.66. The van der Waals surface area contributed by atoms with E-state index in [0.717, 1.165) is 23.1 Å². The van der Waals surface area contributed by atoms with Crippen molar-refractivity contribution in [2.24, 2.45) is 5.73 Å². The van der Waals surface area contributed by atoms with Gasteiger partial charge in [-0.15, -0.1) is 0 Å². The van der Waals surface area contributed by atoms with E-state index in [1.54, 1.807) is 0 Å². The van der Waals surface area contributed by atoms with Gasteiger partial charge in [0.05, 0.1) is 24.4 Å². The van der Waals surface area contributed by atoms with Crippen LogP contribution < -0.4 is 5.73 Å². The molecule has 0 aliphatic carbocycles. The lowest BCUT2D eigenvalue weighted by atomic mass is 10.1. The van der Waals surface area contributed by atoms with E-state index in [1.807, 2.05) is 30.7 Å². The molecule has 0 unspecified atom stereocenters. The monoisotopic (exact) mass is 247 g/mol. The lowest BCUT2D eigenvalue weighted by Crippen LogP contribution is -2.37. The van der Waals surface area contributed by atoms with Crippen LogP contribution in [0.2, 0.25) is 0 Å². The van der Waals surface area contributed by atoms with Gasteiger partial charge in [-0.1, -0.05) is 18.2 Å². The molecule has 0 spiro atoms. The molecule has 1 aromatic heterocycles. The molecule has 0 aliphatic heterocycles. The molecule has 0 fully saturated rings. The minimum Gasteiger partial charge on any atom is -0.373 e. The first-order chi connectivity index (χ1) is 8.51. The van der Waals surface area contributed by atoms with Gasteiger partial charge in [-0.3, -0.25) is 4.68 Å². The Labute approximate surface area is 108 Å². The zero-order chi connectivity index (χ0) is 13.2. The minimum absolute atomic E-state index is 0.302. The molecule has 2 N–H and O–H groups in total. The molecule has 0 bridgehead atoms. The number of nitrogens with two attached hydrogens (primary N) is 1. The maximum Gasteiger partial charge on any atom is 0.0960 e. The largest absolute Gasteiger partial charge is 0.373 e. The molecule has 18 heavy (non-hydrogen) atoms. The van der Waals surface area contributed by atoms with Crippen LogP contribution in [0.5, 0.6) is 0 Å². The SMILES string of the molecule is CCn1nc(COCC(C)(C)N)c2ccccc21. The molecule has 0 atom stereocenters. The fraction of sp³-hybridized carbons (Fsp3) is 0.500. The van der Waals surface area contributed by atoms with Gasteiger partial charge in [0.15, 0.2) is 0 Å². The Kier molecular flexibility index (Phi) is 3.68. The number of aromatic nitrogens is 2. The summed E-state index contributed by atoms with van der Waals surface area (Å²) in [6.07, 6.45) is 0. The molecule has 0 amide bonds. The third-order valence-corrected chi connectivity index (χ3v) is 2.75. The predicted molar refractivity (Wildman–Crippen MR) is 73.3 cm³/mol. The van der Waals surface area contributed by atoms with Crippen molar-refractivity contribution >= 4 is 10.9 Å². The van der Waals surface area contributed by atoms with E-state index in [0.29, 0.717) is 13.2 Å². The number of hydrogen-bond acceptors (Lipinski definition) is 3. The number of para-hydroxylation sites is 1. The van der Waals surface area contributed by atoms with Gasteiger partial charge < -0.3 is 10.5 Å². The molecule has 2 rings (SSSR count). The molecule has 1 heterocycles. The van der Waals surface area contributed by atoms with Crippen molar-refractivity contribution in [2.45, 2.75) is 39.5 Å². The molecular formula is C14H21N3O. The van der Waals surface area contributed by atoms with Gasteiger partial charge in [-0.05, 0) is 26.8 Å². The molecule has 98 valence electrons. The zero-order valence-electron chi connectivity index (χ0n) is 11.3. The normalized spacial score (nSPS) is 12.2. The van der Waals surface area contributed by atoms with Crippen LogP contribution in [0.4, 0.5) is 0 Å². The lowest BCUT2D eigenvalue weighted by Gasteiger charge is -2.17. The molecule has 4 heteroatoms. The van der Waals surface area contributed by atoms with Crippen molar-refractivity contribution in [3.05, 3.63) is 30.0 Å². The second-order valence-corrected chi connectivity index (χ2v) is 5.26. The number of benzene rings is 1. The van der Waals surface area contributed by atoms with Gasteiger partial charge in [0, 0.05) is 17.5 Å². The second kappa shape index (κ2) is 5.08. The molecular weight excluding hydrogens is 226 g/mol. The maximum absolute atomic E-state index is 5.89. The summed E-state index contributed by atoms with van der Waals surface area (Å²) in [6.45, 7) is 7.90. The summed E-state index contributed by atoms with van der Waals surface area (Å²) in [7, 11) is 0. The Morgan fingerprint density at radius 1 is 1.33 bits per heavy atom. The number of nitrogens with zero attached hydrogens (tertiary/aromatic N) is 2. The Morgan fingerprint density at radius 3 is 2.72 bits per heavy atom. The third kappa shape index (κ3) is 2.89. The van der Waals surface area contributed by atoms with Gasteiger partial charge >= 0.3 is 0 Å². The van der Waals surface area contributed by atoms with Gasteiger partial charge in [0.2, 0.25) is 0 Å². The summed E-state index contributed by atoms with van der Waals surface area (Å²) in [5.41, 5.74) is 7.73. The van der Waals surface area contributed by atoms with Crippen LogP contribution in [0.25, 0.3) is 10.9 Å². The standard InChI is InChI=1S/C14H21N3O/c1-4-17-13-8-6-5-7-11(13)12(16-17)9-18-10-14(2,3)15/h5-8H,4,9-10,15H2,1-3H3. The van der Waals surface area contributed by atoms with Crippen molar-refractivity contribution in [1.82, 2.24) is 9.78 Å². The van der Waals surface area contributed by atoms with Gasteiger partial charge in [-0.2, -0.15) is 5.10 Å². The van der Waals surface area contributed by atoms with E-state index in [9.17, 15) is 0 Å². The Morgan fingerprint density at radius 2 is 2.06 bits per heavy atom. The van der Waals surface area contributed by atoms with Gasteiger partial charge in [0.1, 0.15) is 0 Å². The Bertz CT molecular complexity index is 525. The van der Waals surface area contributed by atoms with Crippen LogP contribution in [0, 0.1) is 0 Å². The first kappa shape index (κ1) is 13.1. The van der Waals surface area contributed by atoms with Crippen LogP contribution in [0.3, 0.4) is 0 Å². The van der Waals surface area contributed by atoms with Gasteiger partial charge in [0.25, 0.3) is 0 Å². The van der Waals surface area contributed by atoms with Crippen LogP contribution in [-0.4, -0.2) is 21.9 Å². The highest BCUT2D eigenvalue weighted by Gasteiger charge is 2.13. The molecule has 1 aromatic carbocycles. The highest BCUT2D eigenvalue weighted by atomic mass is 16.5. The number of aryl methyl sites for hydroxylation is 1. The summed E-state index contributed by atoms with van der Waals surface area (Å²) in [4.78, 5) is 0. The quantitative estimate of drug-likeness (QED) is 0.882. The Balaban J connectivity index is 2.18. The molecule has 0 saturated heterocycles. The van der Waals surface area contributed by atoms with Crippen LogP contribution in [0.15, 0.2) is 24.3 Å². The summed E-state index contributed by atoms with van der Waals surface area (Å²) in [5, 5.41) is 5.74. The third-order valence-electron chi connectivity index (χ3n) is 2.75. The minimum atomic E-state index is -0.302. The number of rotatable bonds is 5. The van der Waals surface area contributed by atoms with E-state index >= 15 is 0 Å². The fourth-order valence-electron chi connectivity index (χ4n) is 1.95. The summed E-state index contributed by atoms with van der Waals surface area (Å²) in [6, 6.07) is 8.23. The van der Waals surface area contributed by atoms with Crippen molar-refractivity contribution in [3.63, 3.8) is 0 Å². The predicted octanol–water partition coefficient (Wildman–Crippen LogP) is 2.31. The van der Waals surface area contributed by atoms with Crippen LogP contribution >= 0.6 is 0 Å². The number of fused-ring (bicyclic) bond motifs is 1. The topological polar surface area (TPSA) is 53.1 Å². The maximum atomic E-state index is 5.89. The second-order valence-electron chi connectivity index (χ2n) is 5.26. The van der Waals surface area contributed by atoms with Crippen molar-refractivity contribution < 1.29 is 4.74 Å². The average molecular weight is 247 g/mol. The Hall–Kier alpha value is -1.39. The molecule has 0 aliphatic rings. The van der Waals surface area contributed by atoms with Crippen molar-refractivity contribution in [1.29, 1.82) is 0 Å². The van der Waals surface area contributed by atoms with Gasteiger partial charge in [-0.25, -0.2) is 0 Å². The summed E-state index contributed by atoms with van der Waals surface area (Å²) < 4.78 is 7.65. The molecule has 0 radical (unpaired) electrons. The molecule has 2 aromatic rings.